The van der Waals surface area contributed by atoms with E-state index in [0.717, 1.165) is 31.2 Å². The summed E-state index contributed by atoms with van der Waals surface area (Å²) in [5.74, 6) is -0.385. The number of halogens is 1. The molecule has 2 aromatic carbocycles. The molecule has 3 N–H and O–H groups in total. The number of amides is 2. The molecule has 35 heavy (non-hydrogen) atoms. The lowest BCUT2D eigenvalue weighted by atomic mass is 9.90. The van der Waals surface area contributed by atoms with Gasteiger partial charge in [0.25, 0.3) is 11.8 Å². The van der Waals surface area contributed by atoms with E-state index in [9.17, 15) is 9.59 Å². The van der Waals surface area contributed by atoms with Crippen LogP contribution in [0.5, 0.6) is 0 Å². The average Bonchev–Trinajstić information content (AvgIpc) is 2.89. The highest BCUT2D eigenvalue weighted by Crippen LogP contribution is 2.29. The minimum atomic E-state index is -0.257. The van der Waals surface area contributed by atoms with Gasteiger partial charge >= 0.3 is 0 Å². The van der Waals surface area contributed by atoms with Gasteiger partial charge in [-0.05, 0) is 85.8 Å². The third kappa shape index (κ3) is 6.04. The molecule has 1 heterocycles. The highest BCUT2D eigenvalue weighted by molar-refractivity contribution is 6.31. The molecule has 0 spiro atoms. The van der Waals surface area contributed by atoms with E-state index in [0.29, 0.717) is 27.4 Å². The Labute approximate surface area is 209 Å². The summed E-state index contributed by atoms with van der Waals surface area (Å²) in [5, 5.41) is 12.5. The summed E-state index contributed by atoms with van der Waals surface area (Å²) in [7, 11) is 0. The first-order valence-electron chi connectivity index (χ1n) is 11.5. The van der Waals surface area contributed by atoms with Crippen molar-refractivity contribution < 1.29 is 9.59 Å². The van der Waals surface area contributed by atoms with E-state index in [2.05, 4.69) is 16.4 Å². The zero-order valence-corrected chi connectivity index (χ0v) is 19.9. The van der Waals surface area contributed by atoms with Crippen LogP contribution in [0.15, 0.2) is 67.0 Å². The van der Waals surface area contributed by atoms with Gasteiger partial charge in [0.15, 0.2) is 0 Å². The Hall–Kier alpha value is -3.73. The predicted octanol–water partition coefficient (Wildman–Crippen LogP) is 4.77. The number of rotatable bonds is 6. The lowest BCUT2D eigenvalue weighted by Crippen LogP contribution is -2.44. The summed E-state index contributed by atoms with van der Waals surface area (Å²) in [6, 6.07) is 17.4. The number of nitrogens with one attached hydrogen (secondary N) is 1. The van der Waals surface area contributed by atoms with Crippen molar-refractivity contribution in [3.8, 4) is 6.07 Å². The Morgan fingerprint density at radius 2 is 1.71 bits per heavy atom. The van der Waals surface area contributed by atoms with Crippen molar-refractivity contribution >= 4 is 29.1 Å². The SMILES string of the molecule is N#Cc1ccc(C(=O)N(Cc2cc(NC(=O)c3ccncc3)ccc2Cl)C2CCC(N)CC2)cc1. The van der Waals surface area contributed by atoms with Gasteiger partial charge in [-0.25, -0.2) is 0 Å². The van der Waals surface area contributed by atoms with Crippen LogP contribution in [0.4, 0.5) is 5.69 Å². The first-order chi connectivity index (χ1) is 16.9. The van der Waals surface area contributed by atoms with Crippen LogP contribution >= 0.6 is 11.6 Å². The van der Waals surface area contributed by atoms with Crippen LogP contribution in [0.1, 0.15) is 57.5 Å². The average molecular weight is 488 g/mol. The Morgan fingerprint density at radius 3 is 2.37 bits per heavy atom. The lowest BCUT2D eigenvalue weighted by Gasteiger charge is -2.36. The van der Waals surface area contributed by atoms with Crippen LogP contribution < -0.4 is 11.1 Å². The minimum Gasteiger partial charge on any atom is -0.331 e. The van der Waals surface area contributed by atoms with E-state index >= 15 is 0 Å². The van der Waals surface area contributed by atoms with Crippen molar-refractivity contribution in [2.24, 2.45) is 5.73 Å². The number of nitriles is 1. The summed E-state index contributed by atoms with van der Waals surface area (Å²) in [6.07, 6.45) is 6.42. The number of carbonyl (C=O) groups excluding carboxylic acids is 2. The number of aromatic nitrogens is 1. The molecule has 0 bridgehead atoms. The van der Waals surface area contributed by atoms with Crippen molar-refractivity contribution in [2.75, 3.05) is 5.32 Å². The quantitative estimate of drug-likeness (QED) is 0.520. The molecule has 7 nitrogen and oxygen atoms in total. The smallest absolute Gasteiger partial charge is 0.255 e. The zero-order chi connectivity index (χ0) is 24.8. The fourth-order valence-corrected chi connectivity index (χ4v) is 4.47. The summed E-state index contributed by atoms with van der Waals surface area (Å²) in [4.78, 5) is 31.9. The first kappa shape index (κ1) is 24.4. The second kappa shape index (κ2) is 11.1. The van der Waals surface area contributed by atoms with Crippen LogP contribution in [-0.4, -0.2) is 33.8 Å². The summed E-state index contributed by atoms with van der Waals surface area (Å²) in [6.45, 7) is 0.288. The Bertz CT molecular complexity index is 1230. The van der Waals surface area contributed by atoms with Crippen LogP contribution in [-0.2, 0) is 6.54 Å². The van der Waals surface area contributed by atoms with Gasteiger partial charge < -0.3 is 16.0 Å². The molecule has 1 aliphatic rings. The van der Waals surface area contributed by atoms with Crippen molar-refractivity contribution in [3.63, 3.8) is 0 Å². The third-order valence-electron chi connectivity index (χ3n) is 6.29. The van der Waals surface area contributed by atoms with Crippen molar-refractivity contribution in [3.05, 3.63) is 94.3 Å². The molecule has 0 atom stereocenters. The van der Waals surface area contributed by atoms with Gasteiger partial charge in [-0.3, -0.25) is 14.6 Å². The topological polar surface area (TPSA) is 112 Å². The molecule has 1 fully saturated rings. The number of benzene rings is 2. The van der Waals surface area contributed by atoms with E-state index in [-0.39, 0.29) is 30.4 Å². The number of pyridine rings is 1. The van der Waals surface area contributed by atoms with Gasteiger partial charge in [-0.1, -0.05) is 11.6 Å². The second-order valence-electron chi connectivity index (χ2n) is 8.69. The molecule has 0 unspecified atom stereocenters. The molecule has 0 saturated heterocycles. The minimum absolute atomic E-state index is 0.0177. The summed E-state index contributed by atoms with van der Waals surface area (Å²) < 4.78 is 0. The van der Waals surface area contributed by atoms with Gasteiger partial charge in [-0.15, -0.1) is 0 Å². The maximum Gasteiger partial charge on any atom is 0.255 e. The van der Waals surface area contributed by atoms with Crippen LogP contribution in [0, 0.1) is 11.3 Å². The standard InChI is InChI=1S/C27H26ClN5O2/c28-25-10-7-23(32-26(34)19-11-13-31-14-12-19)15-21(25)17-33(24-8-5-22(30)6-9-24)27(35)20-3-1-18(16-29)2-4-20/h1-4,7,10-15,22,24H,5-6,8-9,17,30H2,(H,32,34). The number of hydrogen-bond donors (Lipinski definition) is 2. The van der Waals surface area contributed by atoms with Gasteiger partial charge in [-0.2, -0.15) is 5.26 Å². The molecule has 0 radical (unpaired) electrons. The molecular weight excluding hydrogens is 462 g/mol. The maximum absolute atomic E-state index is 13.6. The highest BCUT2D eigenvalue weighted by Gasteiger charge is 2.29. The Morgan fingerprint density at radius 1 is 1.03 bits per heavy atom. The Kier molecular flexibility index (Phi) is 7.76. The lowest BCUT2D eigenvalue weighted by molar-refractivity contribution is 0.0606. The van der Waals surface area contributed by atoms with Crippen LogP contribution in [0.2, 0.25) is 5.02 Å². The molecule has 8 heteroatoms. The van der Waals surface area contributed by atoms with E-state index in [1.54, 1.807) is 67.0 Å². The predicted molar refractivity (Wildman–Crippen MR) is 135 cm³/mol. The van der Waals surface area contributed by atoms with E-state index in [1.807, 2.05) is 4.90 Å². The number of hydrogen-bond acceptors (Lipinski definition) is 5. The van der Waals surface area contributed by atoms with Gasteiger partial charge in [0.05, 0.1) is 11.6 Å². The Balaban J connectivity index is 1.59. The van der Waals surface area contributed by atoms with Crippen molar-refractivity contribution in [1.82, 2.24) is 9.88 Å². The molecule has 0 aliphatic heterocycles. The second-order valence-corrected chi connectivity index (χ2v) is 9.09. The number of nitrogens with two attached hydrogens (primary N) is 1. The number of anilines is 1. The van der Waals surface area contributed by atoms with Gasteiger partial charge in [0.1, 0.15) is 0 Å². The van der Waals surface area contributed by atoms with Crippen molar-refractivity contribution in [1.29, 1.82) is 5.26 Å². The molecule has 1 aromatic heterocycles. The molecule has 2 amide bonds. The summed E-state index contributed by atoms with van der Waals surface area (Å²) >= 11 is 6.53. The monoisotopic (exact) mass is 487 g/mol. The molecule has 3 aromatic rings. The fourth-order valence-electron chi connectivity index (χ4n) is 4.30. The zero-order valence-electron chi connectivity index (χ0n) is 19.2. The van der Waals surface area contributed by atoms with Crippen molar-refractivity contribution in [2.45, 2.75) is 44.3 Å². The highest BCUT2D eigenvalue weighted by atomic mass is 35.5. The molecule has 4 rings (SSSR count). The van der Waals surface area contributed by atoms with E-state index in [4.69, 9.17) is 22.6 Å². The first-order valence-corrected chi connectivity index (χ1v) is 11.9. The summed E-state index contributed by atoms with van der Waals surface area (Å²) in [5.41, 5.74) is 8.93. The fraction of sp³-hybridized carbons (Fsp3) is 0.259. The van der Waals surface area contributed by atoms with Gasteiger partial charge in [0.2, 0.25) is 0 Å². The van der Waals surface area contributed by atoms with Gasteiger partial charge in [0, 0.05) is 52.9 Å². The number of carbonyl (C=O) groups is 2. The van der Waals surface area contributed by atoms with E-state index in [1.165, 1.54) is 0 Å². The molecule has 1 saturated carbocycles. The van der Waals surface area contributed by atoms with Crippen LogP contribution in [0.3, 0.4) is 0 Å². The van der Waals surface area contributed by atoms with Crippen LogP contribution in [0.25, 0.3) is 0 Å². The molecule has 1 aliphatic carbocycles. The largest absolute Gasteiger partial charge is 0.331 e. The molecular formula is C27H26ClN5O2. The number of nitrogens with zero attached hydrogens (tertiary/aromatic N) is 3. The molecule has 178 valence electrons. The van der Waals surface area contributed by atoms with E-state index < -0.39 is 0 Å². The maximum atomic E-state index is 13.6. The third-order valence-corrected chi connectivity index (χ3v) is 6.66. The normalized spacial score (nSPS) is 17.3.